The Labute approximate surface area is 163 Å². The molecule has 5 rings (SSSR count). The number of rotatable bonds is 4. The lowest BCUT2D eigenvalue weighted by molar-refractivity contribution is -0.0117. The van der Waals surface area contributed by atoms with Crippen molar-refractivity contribution in [2.75, 3.05) is 18.5 Å². The average Bonchev–Trinajstić information content (AvgIpc) is 3.28. The summed E-state index contributed by atoms with van der Waals surface area (Å²) in [5, 5.41) is 8.94. The topological polar surface area (TPSA) is 73.6 Å². The molecule has 0 saturated carbocycles. The van der Waals surface area contributed by atoms with Crippen LogP contribution in [0.2, 0.25) is 0 Å². The van der Waals surface area contributed by atoms with Crippen LogP contribution in [0.3, 0.4) is 0 Å². The number of amidine groups is 1. The molecule has 1 saturated heterocycles. The lowest BCUT2D eigenvalue weighted by Crippen LogP contribution is -2.25. The number of ether oxygens (including phenoxy) is 2. The van der Waals surface area contributed by atoms with E-state index in [2.05, 4.69) is 32.5 Å². The normalized spacial score (nSPS) is 18.8. The summed E-state index contributed by atoms with van der Waals surface area (Å²) in [5.74, 6) is 1.46. The van der Waals surface area contributed by atoms with E-state index in [9.17, 15) is 0 Å². The first-order chi connectivity index (χ1) is 13.8. The summed E-state index contributed by atoms with van der Waals surface area (Å²) in [6.07, 6.45) is 5.36. The molecule has 1 N–H and O–H groups in total. The highest BCUT2D eigenvalue weighted by Gasteiger charge is 2.19. The number of nitrogens with one attached hydrogen (secondary N) is 1. The highest BCUT2D eigenvalue weighted by Crippen LogP contribution is 2.28. The van der Waals surface area contributed by atoms with Crippen molar-refractivity contribution < 1.29 is 9.47 Å². The Morgan fingerprint density at radius 3 is 3.14 bits per heavy atom. The van der Waals surface area contributed by atoms with Gasteiger partial charge in [0, 0.05) is 31.1 Å². The van der Waals surface area contributed by atoms with Crippen LogP contribution in [0.5, 0.6) is 5.88 Å². The number of aliphatic imine (C=N–C) groups is 1. The van der Waals surface area contributed by atoms with Gasteiger partial charge in [-0.25, -0.2) is 0 Å². The standard InChI is InChI=1S/C21H23N5O2/c1-26-18-11-15(24-20-19-14(12-23-20)5-4-9-22-19)7-8-17(18)21(25-26)28-13-16-6-2-3-10-27-16/h4-5,7-9,11,16H,2-3,6,10,12-13H2,1H3,(H,23,24). The molecular weight excluding hydrogens is 354 g/mol. The SMILES string of the molecule is Cn1nc(OCC2CCCCO2)c2ccc(NC3=NCc4cccnc43)cc21. The predicted octanol–water partition coefficient (Wildman–Crippen LogP) is 3.29. The Bertz CT molecular complexity index is 1040. The molecule has 1 aromatic carbocycles. The largest absolute Gasteiger partial charge is 0.473 e. The van der Waals surface area contributed by atoms with Crippen molar-refractivity contribution in [3.63, 3.8) is 0 Å². The van der Waals surface area contributed by atoms with Gasteiger partial charge in [0.05, 0.1) is 23.6 Å². The van der Waals surface area contributed by atoms with Crippen LogP contribution in [0.1, 0.15) is 30.5 Å². The molecule has 0 bridgehead atoms. The monoisotopic (exact) mass is 377 g/mol. The van der Waals surface area contributed by atoms with E-state index < -0.39 is 0 Å². The summed E-state index contributed by atoms with van der Waals surface area (Å²) in [4.78, 5) is 9.02. The first-order valence-electron chi connectivity index (χ1n) is 9.75. The van der Waals surface area contributed by atoms with E-state index in [-0.39, 0.29) is 6.10 Å². The van der Waals surface area contributed by atoms with Gasteiger partial charge in [0.1, 0.15) is 12.3 Å². The highest BCUT2D eigenvalue weighted by molar-refractivity contribution is 6.09. The Morgan fingerprint density at radius 1 is 1.29 bits per heavy atom. The zero-order valence-corrected chi connectivity index (χ0v) is 15.9. The number of anilines is 1. The molecule has 1 atom stereocenters. The van der Waals surface area contributed by atoms with Crippen LogP contribution >= 0.6 is 0 Å². The van der Waals surface area contributed by atoms with Crippen LogP contribution in [-0.2, 0) is 18.3 Å². The molecule has 0 aliphatic carbocycles. The molecule has 0 radical (unpaired) electrons. The maximum atomic E-state index is 5.99. The number of nitrogens with zero attached hydrogens (tertiary/aromatic N) is 4. The molecule has 1 fully saturated rings. The molecule has 1 unspecified atom stereocenters. The second-order valence-electron chi connectivity index (χ2n) is 7.26. The van der Waals surface area contributed by atoms with E-state index in [1.165, 1.54) is 6.42 Å². The van der Waals surface area contributed by atoms with E-state index in [4.69, 9.17) is 9.47 Å². The smallest absolute Gasteiger partial charge is 0.240 e. The van der Waals surface area contributed by atoms with Gasteiger partial charge in [-0.3, -0.25) is 14.7 Å². The van der Waals surface area contributed by atoms with Crippen LogP contribution in [0.15, 0.2) is 41.5 Å². The minimum Gasteiger partial charge on any atom is -0.473 e. The van der Waals surface area contributed by atoms with Gasteiger partial charge in [-0.2, -0.15) is 0 Å². The fraction of sp³-hybridized carbons (Fsp3) is 0.381. The summed E-state index contributed by atoms with van der Waals surface area (Å²) in [6.45, 7) is 2.04. The second kappa shape index (κ2) is 7.24. The van der Waals surface area contributed by atoms with Gasteiger partial charge in [0.25, 0.3) is 0 Å². The third-order valence-electron chi connectivity index (χ3n) is 5.28. The molecule has 7 heteroatoms. The van der Waals surface area contributed by atoms with Crippen LogP contribution in [0.4, 0.5) is 5.69 Å². The van der Waals surface area contributed by atoms with Gasteiger partial charge < -0.3 is 14.8 Å². The molecule has 3 aromatic rings. The fourth-order valence-corrected chi connectivity index (χ4v) is 3.77. The molecule has 28 heavy (non-hydrogen) atoms. The van der Waals surface area contributed by atoms with Gasteiger partial charge in [0.2, 0.25) is 5.88 Å². The van der Waals surface area contributed by atoms with Gasteiger partial charge in [0.15, 0.2) is 5.84 Å². The van der Waals surface area contributed by atoms with Crippen molar-refractivity contribution in [3.05, 3.63) is 47.8 Å². The Morgan fingerprint density at radius 2 is 2.25 bits per heavy atom. The maximum Gasteiger partial charge on any atom is 0.240 e. The number of pyridine rings is 1. The van der Waals surface area contributed by atoms with E-state index >= 15 is 0 Å². The minimum absolute atomic E-state index is 0.166. The van der Waals surface area contributed by atoms with Crippen molar-refractivity contribution in [2.24, 2.45) is 12.0 Å². The number of aromatic nitrogens is 3. The van der Waals surface area contributed by atoms with Crippen LogP contribution in [0, 0.1) is 0 Å². The number of hydrogen-bond donors (Lipinski definition) is 1. The quantitative estimate of drug-likeness (QED) is 0.755. The molecule has 144 valence electrons. The van der Waals surface area contributed by atoms with Crippen LogP contribution < -0.4 is 10.1 Å². The average molecular weight is 377 g/mol. The first kappa shape index (κ1) is 17.2. The Hall–Kier alpha value is -2.93. The number of benzene rings is 1. The summed E-state index contributed by atoms with van der Waals surface area (Å²) in [6, 6.07) is 10.1. The van der Waals surface area contributed by atoms with Crippen LogP contribution in [-0.4, -0.2) is 39.9 Å². The minimum atomic E-state index is 0.166. The molecule has 2 aromatic heterocycles. The molecule has 2 aliphatic heterocycles. The van der Waals surface area contributed by atoms with Gasteiger partial charge in [-0.15, -0.1) is 5.10 Å². The summed E-state index contributed by atoms with van der Waals surface area (Å²) < 4.78 is 13.6. The Kier molecular flexibility index (Phi) is 4.44. The summed E-state index contributed by atoms with van der Waals surface area (Å²) in [7, 11) is 1.93. The van der Waals surface area contributed by atoms with E-state index in [0.717, 1.165) is 53.1 Å². The summed E-state index contributed by atoms with van der Waals surface area (Å²) >= 11 is 0. The highest BCUT2D eigenvalue weighted by atomic mass is 16.5. The number of hydrogen-bond acceptors (Lipinski definition) is 6. The zero-order chi connectivity index (χ0) is 18.9. The van der Waals surface area contributed by atoms with Gasteiger partial charge >= 0.3 is 0 Å². The zero-order valence-electron chi connectivity index (χ0n) is 15.9. The second-order valence-corrected chi connectivity index (χ2v) is 7.26. The number of fused-ring (bicyclic) bond motifs is 2. The van der Waals surface area contributed by atoms with E-state index in [1.54, 1.807) is 6.20 Å². The Balaban J connectivity index is 1.34. The van der Waals surface area contributed by atoms with Crippen molar-refractivity contribution in [3.8, 4) is 5.88 Å². The van der Waals surface area contributed by atoms with E-state index in [1.807, 2.05) is 29.9 Å². The lowest BCUT2D eigenvalue weighted by Gasteiger charge is -2.22. The van der Waals surface area contributed by atoms with Gasteiger partial charge in [-0.1, -0.05) is 6.07 Å². The number of aryl methyl sites for hydroxylation is 1. The summed E-state index contributed by atoms with van der Waals surface area (Å²) in [5.41, 5.74) is 4.02. The van der Waals surface area contributed by atoms with E-state index in [0.29, 0.717) is 19.0 Å². The van der Waals surface area contributed by atoms with Gasteiger partial charge in [-0.05, 0) is 43.5 Å². The third-order valence-corrected chi connectivity index (χ3v) is 5.28. The van der Waals surface area contributed by atoms with Crippen molar-refractivity contribution in [1.29, 1.82) is 0 Å². The van der Waals surface area contributed by atoms with Crippen molar-refractivity contribution in [2.45, 2.75) is 31.9 Å². The molecule has 0 spiro atoms. The molecule has 2 aliphatic rings. The maximum absolute atomic E-state index is 5.99. The third kappa shape index (κ3) is 3.22. The fourth-order valence-electron chi connectivity index (χ4n) is 3.77. The molecule has 0 amide bonds. The van der Waals surface area contributed by atoms with Crippen molar-refractivity contribution in [1.82, 2.24) is 14.8 Å². The molecular formula is C21H23N5O2. The lowest BCUT2D eigenvalue weighted by atomic mass is 10.1. The van der Waals surface area contributed by atoms with Crippen LogP contribution in [0.25, 0.3) is 10.9 Å². The van der Waals surface area contributed by atoms with Crippen molar-refractivity contribution >= 4 is 22.4 Å². The predicted molar refractivity (Wildman–Crippen MR) is 108 cm³/mol. The first-order valence-corrected chi connectivity index (χ1v) is 9.75. The molecule has 4 heterocycles. The molecule has 7 nitrogen and oxygen atoms in total.